The van der Waals surface area contributed by atoms with E-state index in [1.807, 2.05) is 0 Å². The van der Waals surface area contributed by atoms with Crippen molar-refractivity contribution >= 4 is 28.5 Å². The number of nitrogens with zero attached hydrogens (tertiary/aromatic N) is 1. The highest BCUT2D eigenvalue weighted by atomic mass is 35.5. The van der Waals surface area contributed by atoms with Crippen molar-refractivity contribution in [1.82, 2.24) is 4.98 Å². The summed E-state index contributed by atoms with van der Waals surface area (Å²) in [7, 11) is 0. The number of hydrogen-bond donors (Lipinski definition) is 1. The van der Waals surface area contributed by atoms with E-state index in [2.05, 4.69) is 4.98 Å². The number of rotatable bonds is 2. The van der Waals surface area contributed by atoms with Crippen LogP contribution in [0.3, 0.4) is 0 Å². The number of aromatic nitrogens is 1. The number of pyridine rings is 1. The van der Waals surface area contributed by atoms with E-state index < -0.39 is 17.7 Å². The first-order valence-corrected chi connectivity index (χ1v) is 6.06. The molecule has 0 saturated heterocycles. The van der Waals surface area contributed by atoms with Crippen molar-refractivity contribution in [3.8, 4) is 0 Å². The molecule has 0 saturated carbocycles. The number of alkyl halides is 3. The van der Waals surface area contributed by atoms with Crippen LogP contribution in [0.1, 0.15) is 28.5 Å². The third kappa shape index (κ3) is 2.43. The number of benzene rings is 1. The van der Waals surface area contributed by atoms with Gasteiger partial charge in [-0.2, -0.15) is 13.2 Å². The van der Waals surface area contributed by atoms with Crippen LogP contribution in [-0.4, -0.2) is 16.1 Å². The minimum Gasteiger partial charge on any atom is -0.478 e. The van der Waals surface area contributed by atoms with Gasteiger partial charge in [-0.3, -0.25) is 4.98 Å². The lowest BCUT2D eigenvalue weighted by molar-refractivity contribution is -0.137. The maximum absolute atomic E-state index is 12.7. The Bertz CT molecular complexity index is 698. The molecule has 0 unspecified atom stereocenters. The molecule has 0 aliphatic carbocycles. The molecule has 0 aliphatic rings. The highest BCUT2D eigenvalue weighted by molar-refractivity contribution is 6.38. The van der Waals surface area contributed by atoms with Crippen molar-refractivity contribution < 1.29 is 23.1 Å². The second kappa shape index (κ2) is 4.94. The molecule has 1 N–H and O–H groups in total. The number of halogens is 4. The van der Waals surface area contributed by atoms with Gasteiger partial charge in [-0.15, -0.1) is 0 Å². The number of aromatic carboxylic acids is 1. The van der Waals surface area contributed by atoms with Gasteiger partial charge in [0, 0.05) is 5.39 Å². The highest BCUT2D eigenvalue weighted by Crippen LogP contribution is 2.34. The summed E-state index contributed by atoms with van der Waals surface area (Å²) in [4.78, 5) is 15.2. The van der Waals surface area contributed by atoms with E-state index in [4.69, 9.17) is 16.7 Å². The molecular weight excluding hydrogens is 295 g/mol. The van der Waals surface area contributed by atoms with Crippen LogP contribution in [0.25, 0.3) is 10.9 Å². The van der Waals surface area contributed by atoms with Gasteiger partial charge in [0.25, 0.3) is 0 Å². The van der Waals surface area contributed by atoms with E-state index in [1.54, 1.807) is 6.92 Å². The van der Waals surface area contributed by atoms with Gasteiger partial charge in [0.15, 0.2) is 0 Å². The van der Waals surface area contributed by atoms with E-state index >= 15 is 0 Å². The van der Waals surface area contributed by atoms with Crippen LogP contribution < -0.4 is 0 Å². The Kier molecular flexibility index (Phi) is 3.60. The lowest BCUT2D eigenvalue weighted by atomic mass is 10.1. The number of aryl methyl sites for hydroxylation is 1. The van der Waals surface area contributed by atoms with Gasteiger partial charge in [0.1, 0.15) is 5.56 Å². The van der Waals surface area contributed by atoms with Crippen molar-refractivity contribution in [2.75, 3.05) is 0 Å². The van der Waals surface area contributed by atoms with Crippen LogP contribution in [0.15, 0.2) is 18.2 Å². The number of fused-ring (bicyclic) bond motifs is 1. The third-order valence-electron chi connectivity index (χ3n) is 2.87. The maximum atomic E-state index is 12.7. The highest BCUT2D eigenvalue weighted by Gasteiger charge is 2.31. The molecule has 0 spiro atoms. The Morgan fingerprint density at radius 1 is 1.40 bits per heavy atom. The number of hydrogen-bond acceptors (Lipinski definition) is 2. The molecule has 20 heavy (non-hydrogen) atoms. The van der Waals surface area contributed by atoms with E-state index in [9.17, 15) is 18.0 Å². The minimum absolute atomic E-state index is 0.0340. The molecule has 1 aromatic heterocycles. The third-order valence-corrected chi connectivity index (χ3v) is 3.27. The zero-order valence-corrected chi connectivity index (χ0v) is 11.0. The second-order valence-corrected chi connectivity index (χ2v) is 4.51. The minimum atomic E-state index is -4.49. The summed E-state index contributed by atoms with van der Waals surface area (Å²) in [5.74, 6) is -1.25. The van der Waals surface area contributed by atoms with Crippen LogP contribution in [0.2, 0.25) is 5.02 Å². The van der Waals surface area contributed by atoms with E-state index in [-0.39, 0.29) is 33.6 Å². The molecule has 1 aromatic carbocycles. The van der Waals surface area contributed by atoms with Gasteiger partial charge in [-0.1, -0.05) is 24.6 Å². The van der Waals surface area contributed by atoms with Crippen molar-refractivity contribution in [2.45, 2.75) is 19.5 Å². The lowest BCUT2D eigenvalue weighted by Gasteiger charge is -2.11. The van der Waals surface area contributed by atoms with Crippen LogP contribution in [-0.2, 0) is 12.6 Å². The summed E-state index contributed by atoms with van der Waals surface area (Å²) >= 11 is 5.99. The molecule has 0 fully saturated rings. The fourth-order valence-electron chi connectivity index (χ4n) is 1.92. The average Bonchev–Trinajstić information content (AvgIpc) is 2.36. The predicted octanol–water partition coefficient (Wildman–Crippen LogP) is 4.17. The number of carboxylic acids is 1. The first kappa shape index (κ1) is 14.6. The summed E-state index contributed by atoms with van der Waals surface area (Å²) in [5, 5.41) is 9.22. The van der Waals surface area contributed by atoms with E-state index in [1.165, 1.54) is 0 Å². The molecule has 1 heterocycles. The Balaban J connectivity index is 2.80. The molecule has 0 radical (unpaired) electrons. The van der Waals surface area contributed by atoms with Crippen LogP contribution in [0.5, 0.6) is 0 Å². The second-order valence-electron chi connectivity index (χ2n) is 4.14. The zero-order valence-electron chi connectivity index (χ0n) is 10.3. The van der Waals surface area contributed by atoms with Gasteiger partial charge in [0.2, 0.25) is 0 Å². The quantitative estimate of drug-likeness (QED) is 0.906. The number of carbonyl (C=O) groups is 1. The Morgan fingerprint density at radius 3 is 2.55 bits per heavy atom. The Labute approximate surface area is 117 Å². The molecule has 0 aliphatic heterocycles. The number of carboxylic acid groups (broad SMARTS) is 1. The zero-order chi connectivity index (χ0) is 15.1. The van der Waals surface area contributed by atoms with E-state index in [0.29, 0.717) is 0 Å². The molecule has 2 aromatic rings. The molecule has 3 nitrogen and oxygen atoms in total. The summed E-state index contributed by atoms with van der Waals surface area (Å²) in [5.41, 5.74) is -0.818. The molecule has 0 amide bonds. The monoisotopic (exact) mass is 303 g/mol. The molecule has 106 valence electrons. The normalized spacial score (nSPS) is 11.8. The van der Waals surface area contributed by atoms with Gasteiger partial charge < -0.3 is 5.11 Å². The molecule has 0 atom stereocenters. The Morgan fingerprint density at radius 2 is 2.05 bits per heavy atom. The summed E-state index contributed by atoms with van der Waals surface area (Å²) in [6.07, 6.45) is -4.23. The summed E-state index contributed by atoms with van der Waals surface area (Å²) in [6, 6.07) is 2.86. The Hall–Kier alpha value is -1.82. The van der Waals surface area contributed by atoms with Crippen molar-refractivity contribution in [3.63, 3.8) is 0 Å². The molecule has 7 heteroatoms. The predicted molar refractivity (Wildman–Crippen MR) is 68.1 cm³/mol. The van der Waals surface area contributed by atoms with Crippen molar-refractivity contribution in [2.24, 2.45) is 0 Å². The standard InChI is InChI=1S/C13H9ClF3NO2/c1-2-8-10(12(19)20)11(14)7-4-3-6(13(15,16)17)5-9(7)18-8/h3-5H,2H2,1H3,(H,19,20). The topological polar surface area (TPSA) is 50.2 Å². The molecule has 0 bridgehead atoms. The van der Waals surface area contributed by atoms with Crippen LogP contribution >= 0.6 is 11.6 Å². The first-order valence-electron chi connectivity index (χ1n) is 5.68. The fraction of sp³-hybridized carbons (Fsp3) is 0.231. The van der Waals surface area contributed by atoms with Crippen LogP contribution in [0.4, 0.5) is 13.2 Å². The summed E-state index contributed by atoms with van der Waals surface area (Å²) in [6.45, 7) is 1.66. The lowest BCUT2D eigenvalue weighted by Crippen LogP contribution is -2.08. The maximum Gasteiger partial charge on any atom is 0.416 e. The van der Waals surface area contributed by atoms with Gasteiger partial charge in [-0.05, 0) is 18.6 Å². The van der Waals surface area contributed by atoms with Gasteiger partial charge in [0.05, 0.1) is 21.8 Å². The van der Waals surface area contributed by atoms with Gasteiger partial charge in [-0.25, -0.2) is 4.79 Å². The average molecular weight is 304 g/mol. The summed E-state index contributed by atoms with van der Waals surface area (Å²) < 4.78 is 38.0. The van der Waals surface area contributed by atoms with Crippen molar-refractivity contribution in [3.05, 3.63) is 40.0 Å². The first-order chi connectivity index (χ1) is 9.25. The smallest absolute Gasteiger partial charge is 0.416 e. The molecular formula is C13H9ClF3NO2. The van der Waals surface area contributed by atoms with E-state index in [0.717, 1.165) is 18.2 Å². The van der Waals surface area contributed by atoms with Crippen LogP contribution in [0, 0.1) is 0 Å². The van der Waals surface area contributed by atoms with Gasteiger partial charge >= 0.3 is 12.1 Å². The molecule has 2 rings (SSSR count). The largest absolute Gasteiger partial charge is 0.478 e. The SMILES string of the molecule is CCc1nc2cc(C(F)(F)F)ccc2c(Cl)c1C(=O)O. The van der Waals surface area contributed by atoms with Crippen molar-refractivity contribution in [1.29, 1.82) is 0 Å². The fourth-order valence-corrected chi connectivity index (χ4v) is 2.27.